The van der Waals surface area contributed by atoms with Crippen LogP contribution in [0.4, 0.5) is 5.82 Å². The van der Waals surface area contributed by atoms with Crippen LogP contribution in [-0.2, 0) is 6.54 Å². The standard InChI is InChI=1S/C11H18BrN3S/c1-8(7-16-3)15(2)11-9(5-13)4-10(12)6-14-11/h4,6,8H,5,7,13H2,1-3H3. The van der Waals surface area contributed by atoms with Crippen LogP contribution in [-0.4, -0.2) is 30.1 Å². The Morgan fingerprint density at radius 2 is 2.31 bits per heavy atom. The Hall–Kier alpha value is -0.260. The fourth-order valence-corrected chi connectivity index (χ4v) is 2.59. The molecular formula is C11H18BrN3S. The second-order valence-electron chi connectivity index (χ2n) is 3.76. The SMILES string of the molecule is CSCC(C)N(C)c1ncc(Br)cc1CN. The van der Waals surface area contributed by atoms with E-state index < -0.39 is 0 Å². The maximum Gasteiger partial charge on any atom is 0.133 e. The molecule has 0 radical (unpaired) electrons. The number of anilines is 1. The molecule has 0 bridgehead atoms. The van der Waals surface area contributed by atoms with E-state index in [1.807, 2.05) is 24.0 Å². The molecule has 5 heteroatoms. The van der Waals surface area contributed by atoms with Gasteiger partial charge in [0, 0.05) is 41.6 Å². The van der Waals surface area contributed by atoms with Gasteiger partial charge in [-0.3, -0.25) is 0 Å². The third-order valence-corrected chi connectivity index (χ3v) is 3.78. The summed E-state index contributed by atoms with van der Waals surface area (Å²) in [5.41, 5.74) is 6.81. The summed E-state index contributed by atoms with van der Waals surface area (Å²) >= 11 is 5.25. The van der Waals surface area contributed by atoms with E-state index in [9.17, 15) is 0 Å². The maximum atomic E-state index is 5.74. The summed E-state index contributed by atoms with van der Waals surface area (Å²) in [6.45, 7) is 2.71. The molecule has 0 amide bonds. The number of halogens is 1. The van der Waals surface area contributed by atoms with Crippen LogP contribution in [0.15, 0.2) is 16.7 Å². The molecule has 1 rings (SSSR count). The monoisotopic (exact) mass is 303 g/mol. The molecule has 0 aliphatic carbocycles. The Balaban J connectivity index is 2.93. The van der Waals surface area contributed by atoms with Crippen LogP contribution < -0.4 is 10.6 Å². The number of aromatic nitrogens is 1. The number of hydrogen-bond donors (Lipinski definition) is 1. The van der Waals surface area contributed by atoms with E-state index >= 15 is 0 Å². The van der Waals surface area contributed by atoms with Gasteiger partial charge < -0.3 is 10.6 Å². The highest BCUT2D eigenvalue weighted by molar-refractivity contribution is 9.10. The molecule has 1 aromatic heterocycles. The van der Waals surface area contributed by atoms with Crippen molar-refractivity contribution in [3.63, 3.8) is 0 Å². The van der Waals surface area contributed by atoms with Crippen LogP contribution in [0.3, 0.4) is 0 Å². The third-order valence-electron chi connectivity index (χ3n) is 2.53. The van der Waals surface area contributed by atoms with Gasteiger partial charge in [-0.1, -0.05) is 0 Å². The van der Waals surface area contributed by atoms with Crippen molar-refractivity contribution in [3.8, 4) is 0 Å². The second kappa shape index (κ2) is 6.47. The molecule has 16 heavy (non-hydrogen) atoms. The summed E-state index contributed by atoms with van der Waals surface area (Å²) in [5.74, 6) is 2.06. The zero-order valence-electron chi connectivity index (χ0n) is 9.90. The summed E-state index contributed by atoms with van der Waals surface area (Å²) in [7, 11) is 2.07. The van der Waals surface area contributed by atoms with Gasteiger partial charge in [-0.25, -0.2) is 4.98 Å². The molecule has 2 N–H and O–H groups in total. The quantitative estimate of drug-likeness (QED) is 0.907. The number of rotatable bonds is 5. The largest absolute Gasteiger partial charge is 0.356 e. The summed E-state index contributed by atoms with van der Waals surface area (Å²) in [4.78, 5) is 6.63. The first-order valence-corrected chi connectivity index (χ1v) is 7.35. The lowest BCUT2D eigenvalue weighted by atomic mass is 10.2. The summed E-state index contributed by atoms with van der Waals surface area (Å²) in [5, 5.41) is 0. The van der Waals surface area contributed by atoms with Crippen molar-refractivity contribution in [1.82, 2.24) is 4.98 Å². The van der Waals surface area contributed by atoms with Gasteiger partial charge >= 0.3 is 0 Å². The van der Waals surface area contributed by atoms with E-state index in [0.717, 1.165) is 21.6 Å². The minimum absolute atomic E-state index is 0.453. The normalized spacial score (nSPS) is 12.6. The van der Waals surface area contributed by atoms with E-state index in [1.54, 1.807) is 0 Å². The molecule has 0 aliphatic heterocycles. The van der Waals surface area contributed by atoms with Crippen LogP contribution in [0, 0.1) is 0 Å². The topological polar surface area (TPSA) is 42.2 Å². The van der Waals surface area contributed by atoms with Crippen LogP contribution in [0.2, 0.25) is 0 Å². The molecule has 0 aromatic carbocycles. The lowest BCUT2D eigenvalue weighted by Crippen LogP contribution is -2.32. The molecule has 0 spiro atoms. The van der Waals surface area contributed by atoms with Crippen molar-refractivity contribution in [2.75, 3.05) is 24.0 Å². The summed E-state index contributed by atoms with van der Waals surface area (Å²) < 4.78 is 0.975. The molecular weight excluding hydrogens is 286 g/mol. The second-order valence-corrected chi connectivity index (χ2v) is 5.58. The van der Waals surface area contributed by atoms with Gasteiger partial charge in [0.05, 0.1) is 0 Å². The average molecular weight is 304 g/mol. The number of pyridine rings is 1. The highest BCUT2D eigenvalue weighted by Crippen LogP contribution is 2.22. The molecule has 0 saturated carbocycles. The molecule has 0 aliphatic rings. The van der Waals surface area contributed by atoms with E-state index in [2.05, 4.69) is 46.0 Å². The third kappa shape index (κ3) is 3.37. The Morgan fingerprint density at radius 3 is 2.88 bits per heavy atom. The first-order chi connectivity index (χ1) is 7.60. The van der Waals surface area contributed by atoms with Crippen LogP contribution in [0.5, 0.6) is 0 Å². The van der Waals surface area contributed by atoms with Crippen molar-refractivity contribution < 1.29 is 0 Å². The first kappa shape index (κ1) is 13.8. The predicted molar refractivity (Wildman–Crippen MR) is 76.1 cm³/mol. The lowest BCUT2D eigenvalue weighted by Gasteiger charge is -2.27. The van der Waals surface area contributed by atoms with Crippen LogP contribution in [0.25, 0.3) is 0 Å². The van der Waals surface area contributed by atoms with E-state index in [-0.39, 0.29) is 0 Å². The minimum Gasteiger partial charge on any atom is -0.356 e. The molecule has 1 unspecified atom stereocenters. The zero-order chi connectivity index (χ0) is 12.1. The molecule has 0 saturated heterocycles. The number of thioether (sulfide) groups is 1. The average Bonchev–Trinajstić information content (AvgIpc) is 2.28. The van der Waals surface area contributed by atoms with Gasteiger partial charge in [0.25, 0.3) is 0 Å². The van der Waals surface area contributed by atoms with Crippen molar-refractivity contribution in [2.45, 2.75) is 19.5 Å². The van der Waals surface area contributed by atoms with Gasteiger partial charge in [-0.2, -0.15) is 11.8 Å². The number of nitrogens with zero attached hydrogens (tertiary/aromatic N) is 2. The van der Waals surface area contributed by atoms with Gasteiger partial charge in [0.15, 0.2) is 0 Å². The van der Waals surface area contributed by atoms with Crippen molar-refractivity contribution in [1.29, 1.82) is 0 Å². The van der Waals surface area contributed by atoms with Crippen molar-refractivity contribution in [2.24, 2.45) is 5.73 Å². The van der Waals surface area contributed by atoms with E-state index in [1.165, 1.54) is 0 Å². The first-order valence-electron chi connectivity index (χ1n) is 5.16. The lowest BCUT2D eigenvalue weighted by molar-refractivity contribution is 0.746. The van der Waals surface area contributed by atoms with Crippen molar-refractivity contribution in [3.05, 3.63) is 22.3 Å². The Morgan fingerprint density at radius 1 is 1.62 bits per heavy atom. The Bertz CT molecular complexity index is 346. The fraction of sp³-hybridized carbons (Fsp3) is 0.545. The Labute approximate surface area is 110 Å². The molecule has 0 fully saturated rings. The van der Waals surface area contributed by atoms with Crippen LogP contribution in [0.1, 0.15) is 12.5 Å². The molecule has 1 heterocycles. The van der Waals surface area contributed by atoms with Gasteiger partial charge in [-0.15, -0.1) is 0 Å². The Kier molecular flexibility index (Phi) is 5.58. The minimum atomic E-state index is 0.453. The van der Waals surface area contributed by atoms with Gasteiger partial charge in [-0.05, 0) is 35.2 Å². The summed E-state index contributed by atoms with van der Waals surface area (Å²) in [6, 6.07) is 2.49. The van der Waals surface area contributed by atoms with Gasteiger partial charge in [0.2, 0.25) is 0 Å². The fourth-order valence-electron chi connectivity index (χ4n) is 1.50. The number of hydrogen-bond acceptors (Lipinski definition) is 4. The molecule has 1 atom stereocenters. The smallest absolute Gasteiger partial charge is 0.133 e. The number of nitrogens with two attached hydrogens (primary N) is 1. The van der Waals surface area contributed by atoms with Gasteiger partial charge in [0.1, 0.15) is 5.82 Å². The maximum absolute atomic E-state index is 5.74. The molecule has 90 valence electrons. The predicted octanol–water partition coefficient (Wildman–Crippen LogP) is 2.49. The molecule has 1 aromatic rings. The highest BCUT2D eigenvalue weighted by Gasteiger charge is 2.14. The summed E-state index contributed by atoms with van der Waals surface area (Å²) in [6.07, 6.45) is 3.93. The van der Waals surface area contributed by atoms with E-state index in [0.29, 0.717) is 12.6 Å². The highest BCUT2D eigenvalue weighted by atomic mass is 79.9. The zero-order valence-corrected chi connectivity index (χ0v) is 12.3. The van der Waals surface area contributed by atoms with E-state index in [4.69, 9.17) is 5.73 Å². The van der Waals surface area contributed by atoms with Crippen molar-refractivity contribution >= 4 is 33.5 Å². The molecule has 3 nitrogen and oxygen atoms in total. The van der Waals surface area contributed by atoms with Crippen LogP contribution >= 0.6 is 27.7 Å².